The van der Waals surface area contributed by atoms with Gasteiger partial charge in [-0.2, -0.15) is 9.97 Å². The van der Waals surface area contributed by atoms with Crippen molar-refractivity contribution >= 4 is 82.8 Å². The molecule has 19 rings (SSSR count). The highest BCUT2D eigenvalue weighted by molar-refractivity contribution is 6.30. The number of allylic oxidation sites excluding steroid dienone is 6. The van der Waals surface area contributed by atoms with Crippen LogP contribution in [0, 0.1) is 5.92 Å². The van der Waals surface area contributed by atoms with Crippen molar-refractivity contribution in [3.05, 3.63) is 303 Å². The largest absolute Gasteiger partial charge is 0.307 e. The first-order valence-electron chi connectivity index (χ1n) is 32.4. The minimum Gasteiger partial charge on any atom is -0.307 e. The molecule has 7 heterocycles. The second-order valence-electron chi connectivity index (χ2n) is 24.9. The number of pyridine rings is 1. The van der Waals surface area contributed by atoms with Gasteiger partial charge in [-0.25, -0.2) is 19.9 Å². The normalized spacial score (nSPS) is 15.8. The molecule has 3 unspecified atom stereocenters. The first kappa shape index (κ1) is 54.3. The number of anilines is 2. The Morgan fingerprint density at radius 3 is 1.48 bits per heavy atom. The molecule has 0 amide bonds. The summed E-state index contributed by atoms with van der Waals surface area (Å²) in [6.45, 7) is 2.33. The summed E-state index contributed by atoms with van der Waals surface area (Å²) < 4.78 is 7.63. The maximum absolute atomic E-state index is 5.48. The van der Waals surface area contributed by atoms with Crippen LogP contribution in [0.2, 0.25) is 0 Å². The number of rotatable bonds is 10. The molecule has 10 aromatic carbocycles. The summed E-state index contributed by atoms with van der Waals surface area (Å²) in [5.74, 6) is 3.84. The van der Waals surface area contributed by atoms with Crippen LogP contribution in [0.1, 0.15) is 24.8 Å². The number of aromatic nitrogens is 10. The predicted octanol–water partition coefficient (Wildman–Crippen LogP) is 19.9. The van der Waals surface area contributed by atoms with Gasteiger partial charge in [0.1, 0.15) is 5.69 Å². The fourth-order valence-electron chi connectivity index (χ4n) is 15.0. The molecule has 16 aromatic rings. The Balaban J connectivity index is 0.866. The van der Waals surface area contributed by atoms with Gasteiger partial charge in [-0.3, -0.25) is 4.98 Å². The minimum absolute atomic E-state index is 0.0274. The molecule has 1 aliphatic heterocycles. The smallest absolute Gasteiger partial charge is 0.234 e. The number of nitrogens with zero attached hydrogens (tertiary/aromatic N) is 11. The van der Waals surface area contributed by atoms with E-state index in [1.54, 1.807) is 0 Å². The van der Waals surface area contributed by atoms with Crippen LogP contribution in [0.4, 0.5) is 11.6 Å². The topological polar surface area (TPSA) is 108 Å². The Hall–Kier alpha value is -12.5. The van der Waals surface area contributed by atoms with Gasteiger partial charge in [-0.1, -0.05) is 250 Å². The summed E-state index contributed by atoms with van der Waals surface area (Å²) in [5, 5.41) is 6.93. The highest BCUT2D eigenvalue weighted by Crippen LogP contribution is 2.54. The highest BCUT2D eigenvalue weighted by Gasteiger charge is 2.42. The van der Waals surface area contributed by atoms with Crippen LogP contribution in [0.15, 0.2) is 297 Å². The fourth-order valence-corrected chi connectivity index (χ4v) is 15.0. The van der Waals surface area contributed by atoms with Crippen molar-refractivity contribution in [1.82, 2.24) is 48.6 Å². The lowest BCUT2D eigenvalue weighted by atomic mass is 9.91. The molecule has 2 aliphatic carbocycles. The van der Waals surface area contributed by atoms with Crippen LogP contribution in [-0.2, 0) is 0 Å². The average Bonchev–Trinajstić information content (AvgIpc) is 1.52. The van der Waals surface area contributed by atoms with Gasteiger partial charge in [-0.15, -0.1) is 0 Å². The van der Waals surface area contributed by atoms with Crippen LogP contribution in [-0.4, -0.2) is 54.6 Å². The van der Waals surface area contributed by atoms with Crippen LogP contribution in [0.25, 0.3) is 151 Å². The van der Waals surface area contributed by atoms with Crippen LogP contribution in [0.3, 0.4) is 0 Å². The molecule has 3 atom stereocenters. The number of hydrogen-bond donors (Lipinski definition) is 0. The Labute approximate surface area is 547 Å². The maximum atomic E-state index is 5.48. The second kappa shape index (κ2) is 21.9. The van der Waals surface area contributed by atoms with Crippen molar-refractivity contribution in [2.75, 3.05) is 4.90 Å². The van der Waals surface area contributed by atoms with Gasteiger partial charge in [0.15, 0.2) is 29.1 Å². The third-order valence-corrected chi connectivity index (χ3v) is 19.2. The van der Waals surface area contributed by atoms with E-state index in [0.717, 1.165) is 123 Å². The molecule has 0 saturated heterocycles. The molecule has 0 saturated carbocycles. The molecular formula is C84H57N11. The zero-order valence-corrected chi connectivity index (χ0v) is 51.6. The van der Waals surface area contributed by atoms with E-state index in [-0.39, 0.29) is 12.0 Å². The zero-order chi connectivity index (χ0) is 62.7. The van der Waals surface area contributed by atoms with E-state index in [9.17, 15) is 0 Å². The molecule has 448 valence electrons. The lowest BCUT2D eigenvalue weighted by Gasteiger charge is -2.28. The first-order chi connectivity index (χ1) is 47.0. The van der Waals surface area contributed by atoms with E-state index >= 15 is 0 Å². The first-order valence-corrected chi connectivity index (χ1v) is 32.4. The highest BCUT2D eigenvalue weighted by atomic mass is 15.3. The summed E-state index contributed by atoms with van der Waals surface area (Å²) >= 11 is 0. The minimum atomic E-state index is -0.113. The number of para-hydroxylation sites is 2. The SMILES string of the molecule is CC1C=C(n2c3c4c(ccc3c3ccc5c6ccc7c8ccccc8n(-c8cccc(-c9ccnc(-c%10nc(-c%11ccccc%11)nc(-c%11ccccc%11)n%10)c9)c8)c7c6n(-c6ccccc6)c5c32)C2C=CC=CC2N4c2nc(-c3ccccc3)nc(-c3ccccc3)n2)C=CC1. The molecule has 3 aliphatic rings. The summed E-state index contributed by atoms with van der Waals surface area (Å²) in [5.41, 5.74) is 18.5. The molecule has 11 heteroatoms. The van der Waals surface area contributed by atoms with Crippen LogP contribution in [0.5, 0.6) is 0 Å². The monoisotopic (exact) mass is 1220 g/mol. The van der Waals surface area contributed by atoms with Gasteiger partial charge in [0.2, 0.25) is 5.95 Å². The Bertz CT molecular complexity index is 5790. The van der Waals surface area contributed by atoms with E-state index in [0.29, 0.717) is 46.7 Å². The molecule has 0 spiro atoms. The molecule has 6 aromatic heterocycles. The molecule has 0 fully saturated rings. The van der Waals surface area contributed by atoms with Crippen molar-refractivity contribution in [3.8, 4) is 79.6 Å². The van der Waals surface area contributed by atoms with E-state index in [2.05, 4.69) is 220 Å². The standard InChI is InChI=1S/C84H57N11/c1-52-23-21-35-60(49-52)94-76-68(69-44-42-65-63-38-18-20-40-72(63)95(78(65)77(69)94)84-90-81(55-28-11-4-12-29-55)87-82(91-84)56-30-13-5-14-31-56)46-45-67-66-43-41-64-62-37-17-19-39-71(62)92(73(64)74(66)93(75(67)76)59-33-15-6-16-34-59)61-36-22-32-57(50-61)58-47-48-85-70(51-58)83-88-79(53-24-7-2-8-25-53)86-80(89-83)54-26-9-3-10-27-54/h2-22,24-52,63,72H,23H2,1H3. The molecule has 0 radical (unpaired) electrons. The molecular weight excluding hydrogens is 1160 g/mol. The van der Waals surface area contributed by atoms with Crippen molar-refractivity contribution in [2.45, 2.75) is 25.3 Å². The van der Waals surface area contributed by atoms with Gasteiger partial charge < -0.3 is 18.6 Å². The van der Waals surface area contributed by atoms with Gasteiger partial charge in [0.25, 0.3) is 0 Å². The molecule has 0 bridgehead atoms. The van der Waals surface area contributed by atoms with Gasteiger partial charge in [0.05, 0.1) is 44.8 Å². The Morgan fingerprint density at radius 2 is 0.863 bits per heavy atom. The summed E-state index contributed by atoms with van der Waals surface area (Å²) in [4.78, 5) is 38.6. The quantitative estimate of drug-likeness (QED) is 0.133. The Kier molecular flexibility index (Phi) is 12.5. The maximum Gasteiger partial charge on any atom is 0.234 e. The summed E-state index contributed by atoms with van der Waals surface area (Å²) in [6.07, 6.45) is 19.0. The molecule has 11 nitrogen and oxygen atoms in total. The predicted molar refractivity (Wildman–Crippen MR) is 386 cm³/mol. The van der Waals surface area contributed by atoms with Crippen molar-refractivity contribution in [3.63, 3.8) is 0 Å². The zero-order valence-electron chi connectivity index (χ0n) is 51.6. The van der Waals surface area contributed by atoms with Gasteiger partial charge in [-0.05, 0) is 77.6 Å². The van der Waals surface area contributed by atoms with E-state index in [1.807, 2.05) is 103 Å². The fraction of sp³-hybridized carbons (Fsp3) is 0.0595. The lowest BCUT2D eigenvalue weighted by Crippen LogP contribution is -2.30. The molecule has 0 N–H and O–H groups in total. The third-order valence-electron chi connectivity index (χ3n) is 19.2. The van der Waals surface area contributed by atoms with E-state index in [1.165, 1.54) is 10.9 Å². The van der Waals surface area contributed by atoms with Crippen molar-refractivity contribution < 1.29 is 0 Å². The number of hydrogen-bond acceptors (Lipinski definition) is 8. The second-order valence-corrected chi connectivity index (χ2v) is 24.9. The van der Waals surface area contributed by atoms with Crippen molar-refractivity contribution in [2.24, 2.45) is 5.92 Å². The van der Waals surface area contributed by atoms with Gasteiger partial charge in [0, 0.05) is 83.8 Å². The lowest BCUT2D eigenvalue weighted by molar-refractivity contribution is 0.728. The van der Waals surface area contributed by atoms with E-state index in [4.69, 9.17) is 34.9 Å². The third kappa shape index (κ3) is 8.77. The van der Waals surface area contributed by atoms with Crippen LogP contribution < -0.4 is 4.90 Å². The van der Waals surface area contributed by atoms with E-state index < -0.39 is 0 Å². The van der Waals surface area contributed by atoms with Crippen molar-refractivity contribution in [1.29, 1.82) is 0 Å². The summed E-state index contributed by atoms with van der Waals surface area (Å²) in [6, 6.07) is 87.7. The number of fused-ring (bicyclic) bond motifs is 15. The van der Waals surface area contributed by atoms with Crippen LogP contribution >= 0.6 is 0 Å². The molecule has 95 heavy (non-hydrogen) atoms. The summed E-state index contributed by atoms with van der Waals surface area (Å²) in [7, 11) is 0. The Morgan fingerprint density at radius 1 is 0.379 bits per heavy atom. The average molecular weight is 1220 g/mol. The number of benzene rings is 10. The van der Waals surface area contributed by atoms with Gasteiger partial charge >= 0.3 is 0 Å².